The molecule has 5 nitrogen and oxygen atoms in total. The summed E-state index contributed by atoms with van der Waals surface area (Å²) in [4.78, 5) is 25.3. The van der Waals surface area contributed by atoms with Gasteiger partial charge in [-0.3, -0.25) is 9.59 Å². The maximum absolute atomic E-state index is 11.9. The van der Waals surface area contributed by atoms with E-state index in [4.69, 9.17) is 0 Å². The molecule has 2 amide bonds. The molecule has 1 fully saturated rings. The van der Waals surface area contributed by atoms with Crippen LogP contribution in [0.4, 0.5) is 0 Å². The summed E-state index contributed by atoms with van der Waals surface area (Å²) in [5.41, 5.74) is 0. The predicted octanol–water partition coefficient (Wildman–Crippen LogP) is 0.892. The van der Waals surface area contributed by atoms with Crippen molar-refractivity contribution in [2.24, 2.45) is 0 Å². The minimum Gasteiger partial charge on any atom is -0.353 e. The lowest BCUT2D eigenvalue weighted by molar-refractivity contribution is -0.131. The highest BCUT2D eigenvalue weighted by Crippen LogP contribution is 2.10. The van der Waals surface area contributed by atoms with Crippen LogP contribution in [0.1, 0.15) is 46.5 Å². The standard InChI is InChI=1S/C14H27N3O2/c1-4-5-13(18)16-12-6-8-17(9-7-12)14(19)10-15-11(2)3/h11-12,15H,4-10H2,1-3H3,(H,16,18). The number of piperidine rings is 1. The van der Waals surface area contributed by atoms with Gasteiger partial charge in [-0.15, -0.1) is 0 Å². The summed E-state index contributed by atoms with van der Waals surface area (Å²) in [5.74, 6) is 0.292. The number of carbonyl (C=O) groups is 2. The second-order valence-electron chi connectivity index (χ2n) is 5.51. The lowest BCUT2D eigenvalue weighted by Gasteiger charge is -2.32. The van der Waals surface area contributed by atoms with Crippen LogP contribution in [0.2, 0.25) is 0 Å². The van der Waals surface area contributed by atoms with Crippen LogP contribution in [-0.2, 0) is 9.59 Å². The molecule has 19 heavy (non-hydrogen) atoms. The van der Waals surface area contributed by atoms with Crippen LogP contribution >= 0.6 is 0 Å². The summed E-state index contributed by atoms with van der Waals surface area (Å²) >= 11 is 0. The van der Waals surface area contributed by atoms with E-state index in [0.29, 0.717) is 19.0 Å². The molecular formula is C14H27N3O2. The molecule has 0 saturated carbocycles. The van der Waals surface area contributed by atoms with E-state index in [9.17, 15) is 9.59 Å². The molecule has 2 N–H and O–H groups in total. The van der Waals surface area contributed by atoms with Crippen molar-refractivity contribution in [2.75, 3.05) is 19.6 Å². The van der Waals surface area contributed by atoms with Crippen molar-refractivity contribution in [3.63, 3.8) is 0 Å². The van der Waals surface area contributed by atoms with E-state index in [1.807, 2.05) is 25.7 Å². The van der Waals surface area contributed by atoms with Crippen LogP contribution in [-0.4, -0.2) is 48.4 Å². The maximum atomic E-state index is 11.9. The van der Waals surface area contributed by atoms with Crippen molar-refractivity contribution in [3.8, 4) is 0 Å². The Morgan fingerprint density at radius 3 is 2.42 bits per heavy atom. The Bertz CT molecular complexity index is 297. The summed E-state index contributed by atoms with van der Waals surface area (Å²) in [5, 5.41) is 6.18. The molecule has 0 unspecified atom stereocenters. The molecule has 0 aromatic carbocycles. The Kier molecular flexibility index (Phi) is 6.84. The number of hydrogen-bond acceptors (Lipinski definition) is 3. The van der Waals surface area contributed by atoms with Gasteiger partial charge in [0, 0.05) is 31.6 Å². The molecule has 1 heterocycles. The van der Waals surface area contributed by atoms with Crippen molar-refractivity contribution in [3.05, 3.63) is 0 Å². The van der Waals surface area contributed by atoms with E-state index < -0.39 is 0 Å². The fourth-order valence-corrected chi connectivity index (χ4v) is 2.20. The van der Waals surface area contributed by atoms with E-state index >= 15 is 0 Å². The van der Waals surface area contributed by atoms with Gasteiger partial charge < -0.3 is 15.5 Å². The smallest absolute Gasteiger partial charge is 0.236 e. The Labute approximate surface area is 116 Å². The first-order valence-corrected chi connectivity index (χ1v) is 7.33. The zero-order valence-electron chi connectivity index (χ0n) is 12.4. The van der Waals surface area contributed by atoms with Gasteiger partial charge in [0.1, 0.15) is 0 Å². The first-order valence-electron chi connectivity index (χ1n) is 7.33. The van der Waals surface area contributed by atoms with Crippen molar-refractivity contribution in [2.45, 2.75) is 58.5 Å². The third kappa shape index (κ3) is 6.05. The Hall–Kier alpha value is -1.10. The number of carbonyl (C=O) groups excluding carboxylic acids is 2. The molecule has 1 aliphatic rings. The summed E-state index contributed by atoms with van der Waals surface area (Å²) < 4.78 is 0. The first kappa shape index (κ1) is 16.0. The molecule has 1 aliphatic heterocycles. The monoisotopic (exact) mass is 269 g/mol. The normalized spacial score (nSPS) is 16.7. The number of nitrogens with one attached hydrogen (secondary N) is 2. The molecule has 0 aromatic rings. The van der Waals surface area contributed by atoms with E-state index in [2.05, 4.69) is 10.6 Å². The zero-order valence-corrected chi connectivity index (χ0v) is 12.4. The number of hydrogen-bond donors (Lipinski definition) is 2. The SMILES string of the molecule is CCCC(=O)NC1CCN(C(=O)CNC(C)C)CC1. The van der Waals surface area contributed by atoms with Crippen LogP contribution < -0.4 is 10.6 Å². The minimum absolute atomic E-state index is 0.133. The quantitative estimate of drug-likeness (QED) is 0.753. The average molecular weight is 269 g/mol. The van der Waals surface area contributed by atoms with Crippen LogP contribution in [0.5, 0.6) is 0 Å². The number of likely N-dealkylation sites (tertiary alicyclic amines) is 1. The largest absolute Gasteiger partial charge is 0.353 e. The third-order valence-electron chi connectivity index (χ3n) is 3.35. The second-order valence-corrected chi connectivity index (χ2v) is 5.51. The molecule has 0 radical (unpaired) electrons. The summed E-state index contributed by atoms with van der Waals surface area (Å²) in [7, 11) is 0. The topological polar surface area (TPSA) is 61.4 Å². The van der Waals surface area contributed by atoms with Crippen LogP contribution in [0.3, 0.4) is 0 Å². The van der Waals surface area contributed by atoms with Crippen LogP contribution in [0.25, 0.3) is 0 Å². The molecule has 0 bridgehead atoms. The minimum atomic E-state index is 0.133. The van der Waals surface area contributed by atoms with Crippen molar-refractivity contribution in [1.82, 2.24) is 15.5 Å². The summed E-state index contributed by atoms with van der Waals surface area (Å²) in [6.45, 7) is 7.96. The van der Waals surface area contributed by atoms with Gasteiger partial charge in [0.15, 0.2) is 0 Å². The average Bonchev–Trinajstić information content (AvgIpc) is 2.37. The van der Waals surface area contributed by atoms with Crippen molar-refractivity contribution >= 4 is 11.8 Å². The highest BCUT2D eigenvalue weighted by Gasteiger charge is 2.23. The van der Waals surface area contributed by atoms with Gasteiger partial charge in [0.2, 0.25) is 11.8 Å². The Morgan fingerprint density at radius 2 is 1.89 bits per heavy atom. The molecule has 1 rings (SSSR count). The lowest BCUT2D eigenvalue weighted by atomic mass is 10.0. The van der Waals surface area contributed by atoms with Gasteiger partial charge in [-0.2, -0.15) is 0 Å². The van der Waals surface area contributed by atoms with Gasteiger partial charge in [0.05, 0.1) is 6.54 Å². The van der Waals surface area contributed by atoms with E-state index in [1.165, 1.54) is 0 Å². The van der Waals surface area contributed by atoms with Gasteiger partial charge in [-0.05, 0) is 19.3 Å². The molecule has 110 valence electrons. The van der Waals surface area contributed by atoms with Crippen LogP contribution in [0.15, 0.2) is 0 Å². The molecule has 0 atom stereocenters. The Morgan fingerprint density at radius 1 is 1.26 bits per heavy atom. The molecule has 0 aliphatic carbocycles. The third-order valence-corrected chi connectivity index (χ3v) is 3.35. The van der Waals surface area contributed by atoms with Crippen molar-refractivity contribution < 1.29 is 9.59 Å². The highest BCUT2D eigenvalue weighted by molar-refractivity contribution is 5.78. The van der Waals surface area contributed by atoms with E-state index in [0.717, 1.165) is 32.4 Å². The number of amides is 2. The molecule has 1 saturated heterocycles. The predicted molar refractivity (Wildman–Crippen MR) is 75.8 cm³/mol. The molecule has 0 aromatic heterocycles. The van der Waals surface area contributed by atoms with Gasteiger partial charge in [-0.1, -0.05) is 20.8 Å². The maximum Gasteiger partial charge on any atom is 0.236 e. The highest BCUT2D eigenvalue weighted by atomic mass is 16.2. The zero-order chi connectivity index (χ0) is 14.3. The van der Waals surface area contributed by atoms with Gasteiger partial charge in [0.25, 0.3) is 0 Å². The summed E-state index contributed by atoms with van der Waals surface area (Å²) in [6, 6.07) is 0.566. The molecule has 5 heteroatoms. The molecular weight excluding hydrogens is 242 g/mol. The first-order chi connectivity index (χ1) is 9.02. The van der Waals surface area contributed by atoms with Gasteiger partial charge in [-0.25, -0.2) is 0 Å². The van der Waals surface area contributed by atoms with Gasteiger partial charge >= 0.3 is 0 Å². The number of rotatable bonds is 6. The van der Waals surface area contributed by atoms with Crippen LogP contribution in [0, 0.1) is 0 Å². The number of nitrogens with zero attached hydrogens (tertiary/aromatic N) is 1. The Balaban J connectivity index is 2.24. The fourth-order valence-electron chi connectivity index (χ4n) is 2.20. The summed E-state index contributed by atoms with van der Waals surface area (Å²) in [6.07, 6.45) is 3.20. The molecule has 0 spiro atoms. The van der Waals surface area contributed by atoms with E-state index in [-0.39, 0.29) is 17.9 Å². The van der Waals surface area contributed by atoms with Crippen molar-refractivity contribution in [1.29, 1.82) is 0 Å². The fraction of sp³-hybridized carbons (Fsp3) is 0.857. The second kappa shape index (κ2) is 8.15. The lowest BCUT2D eigenvalue weighted by Crippen LogP contribution is -2.49. The van der Waals surface area contributed by atoms with E-state index in [1.54, 1.807) is 0 Å².